The number of carbonyl (C=O) groups is 1. The van der Waals surface area contributed by atoms with Crippen LogP contribution in [0.25, 0.3) is 0 Å². The third-order valence-electron chi connectivity index (χ3n) is 4.27. The summed E-state index contributed by atoms with van der Waals surface area (Å²) >= 11 is 0. The van der Waals surface area contributed by atoms with Crippen LogP contribution in [-0.4, -0.2) is 30.3 Å². The molecular formula is C15H22N4OSi. The van der Waals surface area contributed by atoms with E-state index in [2.05, 4.69) is 34.9 Å². The van der Waals surface area contributed by atoms with Crippen LogP contribution in [0, 0.1) is 0 Å². The molecule has 0 bridgehead atoms. The molecule has 0 aromatic carbocycles. The SMILES string of the molecule is CC1=NC(C)=C2N=NC(N(C(=O)[Si](C)(C)C)C3CCC3)=C12. The summed E-state index contributed by atoms with van der Waals surface area (Å²) in [7, 11) is -1.92. The molecule has 0 atom stereocenters. The second-order valence-electron chi connectivity index (χ2n) is 7.04. The number of aliphatic imine (C=N–C) groups is 1. The standard InChI is InChI=1S/C15H22N4OSi/c1-9-12-13(10(2)16-9)17-18-14(12)19(11-7-6-8-11)15(20)21(3,4)5/h11H,6-8H2,1-5H3. The van der Waals surface area contributed by atoms with Crippen molar-refractivity contribution < 1.29 is 4.79 Å². The molecule has 1 aliphatic carbocycles. The predicted octanol–water partition coefficient (Wildman–Crippen LogP) is 4.26. The Labute approximate surface area is 126 Å². The van der Waals surface area contributed by atoms with Crippen LogP contribution in [0.15, 0.2) is 38.0 Å². The first-order chi connectivity index (χ1) is 9.80. The lowest BCUT2D eigenvalue weighted by Gasteiger charge is -2.39. The van der Waals surface area contributed by atoms with Gasteiger partial charge in [-0.3, -0.25) is 14.7 Å². The molecule has 1 saturated carbocycles. The van der Waals surface area contributed by atoms with Gasteiger partial charge in [0.05, 0.1) is 17.0 Å². The van der Waals surface area contributed by atoms with E-state index in [4.69, 9.17) is 0 Å². The van der Waals surface area contributed by atoms with E-state index in [1.54, 1.807) is 0 Å². The van der Waals surface area contributed by atoms with Gasteiger partial charge >= 0.3 is 0 Å². The average molecular weight is 302 g/mol. The third kappa shape index (κ3) is 2.21. The molecule has 0 unspecified atom stereocenters. The maximum absolute atomic E-state index is 13.0. The Balaban J connectivity index is 2.06. The minimum atomic E-state index is -1.92. The van der Waals surface area contributed by atoms with Crippen molar-refractivity contribution >= 4 is 19.3 Å². The van der Waals surface area contributed by atoms with Gasteiger partial charge in [0.1, 0.15) is 5.70 Å². The van der Waals surface area contributed by atoms with Gasteiger partial charge in [0.2, 0.25) is 0 Å². The topological polar surface area (TPSA) is 57.4 Å². The molecule has 1 amide bonds. The predicted molar refractivity (Wildman–Crippen MR) is 85.9 cm³/mol. The Morgan fingerprint density at radius 1 is 1.19 bits per heavy atom. The Morgan fingerprint density at radius 3 is 2.38 bits per heavy atom. The molecule has 6 heteroatoms. The highest BCUT2D eigenvalue weighted by atomic mass is 28.3. The van der Waals surface area contributed by atoms with E-state index in [1.165, 1.54) is 6.42 Å². The molecule has 3 rings (SSSR count). The zero-order chi connectivity index (χ0) is 15.4. The van der Waals surface area contributed by atoms with Crippen LogP contribution in [0.2, 0.25) is 19.6 Å². The van der Waals surface area contributed by atoms with Gasteiger partial charge in [-0.15, -0.1) is 10.2 Å². The second kappa shape index (κ2) is 4.73. The maximum atomic E-state index is 13.0. The Hall–Kier alpha value is -1.56. The van der Waals surface area contributed by atoms with E-state index >= 15 is 0 Å². The highest BCUT2D eigenvalue weighted by Crippen LogP contribution is 2.40. The van der Waals surface area contributed by atoms with Crippen LogP contribution >= 0.6 is 0 Å². The van der Waals surface area contributed by atoms with Crippen molar-refractivity contribution in [2.75, 3.05) is 0 Å². The first-order valence-corrected chi connectivity index (χ1v) is 11.1. The van der Waals surface area contributed by atoms with Gasteiger partial charge < -0.3 is 0 Å². The van der Waals surface area contributed by atoms with Gasteiger partial charge in [0.15, 0.2) is 19.4 Å². The highest BCUT2D eigenvalue weighted by Gasteiger charge is 2.42. The maximum Gasteiger partial charge on any atom is 0.199 e. The minimum absolute atomic E-state index is 0.257. The third-order valence-corrected chi connectivity index (χ3v) is 5.80. The fourth-order valence-corrected chi connectivity index (χ4v) is 3.87. The van der Waals surface area contributed by atoms with Crippen molar-refractivity contribution in [2.45, 2.75) is 58.8 Å². The van der Waals surface area contributed by atoms with Crippen molar-refractivity contribution in [1.29, 1.82) is 0 Å². The molecule has 0 N–H and O–H groups in total. The second-order valence-corrected chi connectivity index (χ2v) is 12.0. The van der Waals surface area contributed by atoms with E-state index < -0.39 is 8.07 Å². The number of fused-ring (bicyclic) bond motifs is 1. The smallest absolute Gasteiger partial charge is 0.199 e. The molecule has 112 valence electrons. The van der Waals surface area contributed by atoms with Crippen molar-refractivity contribution in [3.05, 3.63) is 22.8 Å². The van der Waals surface area contributed by atoms with Crippen molar-refractivity contribution in [1.82, 2.24) is 4.90 Å². The van der Waals surface area contributed by atoms with Crippen LogP contribution in [0.3, 0.4) is 0 Å². The lowest BCUT2D eigenvalue weighted by atomic mass is 9.91. The van der Waals surface area contributed by atoms with Gasteiger partial charge in [-0.25, -0.2) is 0 Å². The number of amides is 1. The van der Waals surface area contributed by atoms with E-state index in [9.17, 15) is 4.79 Å². The first kappa shape index (κ1) is 14.4. The van der Waals surface area contributed by atoms with Gasteiger partial charge in [-0.1, -0.05) is 19.6 Å². The first-order valence-electron chi connectivity index (χ1n) is 7.57. The van der Waals surface area contributed by atoms with Gasteiger partial charge in [0.25, 0.3) is 0 Å². The number of hydrogen-bond donors (Lipinski definition) is 0. The van der Waals surface area contributed by atoms with Crippen LogP contribution in [0.5, 0.6) is 0 Å². The monoisotopic (exact) mass is 302 g/mol. The molecule has 1 fully saturated rings. The number of azo groups is 1. The normalized spacial score (nSPS) is 21.7. The van der Waals surface area contributed by atoms with Crippen molar-refractivity contribution in [3.63, 3.8) is 0 Å². The molecule has 5 nitrogen and oxygen atoms in total. The largest absolute Gasteiger partial charge is 0.296 e. The zero-order valence-corrected chi connectivity index (χ0v) is 14.4. The quantitative estimate of drug-likeness (QED) is 0.718. The van der Waals surface area contributed by atoms with Crippen LogP contribution < -0.4 is 0 Å². The number of carbonyl (C=O) groups excluding carboxylic acids is 1. The summed E-state index contributed by atoms with van der Waals surface area (Å²) in [6.45, 7) is 10.2. The lowest BCUT2D eigenvalue weighted by molar-refractivity contribution is 0.179. The number of hydrogen-bond acceptors (Lipinski definition) is 4. The average Bonchev–Trinajstić information content (AvgIpc) is 2.85. The summed E-state index contributed by atoms with van der Waals surface area (Å²) in [5.74, 6) is 0.736. The van der Waals surface area contributed by atoms with Gasteiger partial charge in [-0.05, 0) is 33.1 Å². The van der Waals surface area contributed by atoms with Crippen LogP contribution in [0.1, 0.15) is 33.1 Å². The molecule has 3 aliphatic rings. The molecule has 0 spiro atoms. The summed E-state index contributed by atoms with van der Waals surface area (Å²) in [4.78, 5) is 19.4. The summed E-state index contributed by atoms with van der Waals surface area (Å²) in [5, 5.41) is 8.63. The van der Waals surface area contributed by atoms with Crippen LogP contribution in [-0.2, 0) is 0 Å². The zero-order valence-electron chi connectivity index (χ0n) is 13.4. The van der Waals surface area contributed by atoms with E-state index in [0.29, 0.717) is 6.04 Å². The number of nitrogens with zero attached hydrogens (tertiary/aromatic N) is 4. The van der Waals surface area contributed by atoms with E-state index in [1.807, 2.05) is 18.7 Å². The Kier molecular flexibility index (Phi) is 3.24. The summed E-state index contributed by atoms with van der Waals surface area (Å²) in [6.07, 6.45) is 3.32. The fraction of sp³-hybridized carbons (Fsp3) is 0.600. The molecule has 2 heterocycles. The minimum Gasteiger partial charge on any atom is -0.296 e. The molecule has 21 heavy (non-hydrogen) atoms. The molecule has 2 aliphatic heterocycles. The molecule has 0 aromatic heterocycles. The van der Waals surface area contributed by atoms with Crippen molar-refractivity contribution in [3.8, 4) is 0 Å². The molecule has 0 aromatic rings. The summed E-state index contributed by atoms with van der Waals surface area (Å²) < 4.78 is 0. The summed E-state index contributed by atoms with van der Waals surface area (Å²) in [6, 6.07) is 0.290. The van der Waals surface area contributed by atoms with Gasteiger partial charge in [-0.2, -0.15) is 0 Å². The van der Waals surface area contributed by atoms with Crippen molar-refractivity contribution in [2.24, 2.45) is 15.2 Å². The Bertz CT molecular complexity index is 633. The summed E-state index contributed by atoms with van der Waals surface area (Å²) in [5.41, 5.74) is 3.89. The van der Waals surface area contributed by atoms with Crippen LogP contribution in [0.4, 0.5) is 4.79 Å². The number of allylic oxidation sites excluding steroid dienone is 2. The molecule has 0 radical (unpaired) electrons. The molecule has 0 saturated heterocycles. The van der Waals surface area contributed by atoms with Gasteiger partial charge in [0, 0.05) is 6.04 Å². The number of rotatable bonds is 3. The van der Waals surface area contributed by atoms with E-state index in [-0.39, 0.29) is 5.53 Å². The van der Waals surface area contributed by atoms with E-state index in [0.717, 1.165) is 41.3 Å². The fourth-order valence-electron chi connectivity index (χ4n) is 2.86. The molecular weight excluding hydrogens is 280 g/mol. The Morgan fingerprint density at radius 2 is 1.86 bits per heavy atom. The lowest BCUT2D eigenvalue weighted by Crippen LogP contribution is -2.51. The highest BCUT2D eigenvalue weighted by molar-refractivity contribution is 7.03.